The van der Waals surface area contributed by atoms with Crippen LogP contribution in [0.25, 0.3) is 0 Å². The van der Waals surface area contributed by atoms with E-state index >= 15 is 0 Å². The second kappa shape index (κ2) is 7.41. The molecule has 0 aliphatic rings. The molecule has 0 radical (unpaired) electrons. The van der Waals surface area contributed by atoms with Crippen LogP contribution in [0.3, 0.4) is 0 Å². The fourth-order valence-corrected chi connectivity index (χ4v) is 1.73. The van der Waals surface area contributed by atoms with E-state index in [4.69, 9.17) is 0 Å². The number of carbonyl (C=O) groups excluding carboxylic acids is 2. The molecule has 1 rings (SSSR count). The van der Waals surface area contributed by atoms with Gasteiger partial charge in [-0.1, -0.05) is 6.07 Å². The molecule has 0 aromatic heterocycles. The summed E-state index contributed by atoms with van der Waals surface area (Å²) in [4.78, 5) is 23.2. The van der Waals surface area contributed by atoms with E-state index in [9.17, 15) is 9.59 Å². The summed E-state index contributed by atoms with van der Waals surface area (Å²) in [6.45, 7) is 4.77. The third-order valence-corrected chi connectivity index (χ3v) is 2.70. The molecule has 1 aromatic carbocycles. The van der Waals surface area contributed by atoms with Crippen molar-refractivity contribution in [2.45, 2.75) is 20.3 Å². The highest BCUT2D eigenvalue weighted by molar-refractivity contribution is 5.99. The Labute approximate surface area is 113 Å². The number of amides is 2. The molecule has 0 bridgehead atoms. The minimum Gasteiger partial charge on any atom is -0.387 e. The van der Waals surface area contributed by atoms with Crippen molar-refractivity contribution in [2.75, 3.05) is 25.5 Å². The van der Waals surface area contributed by atoms with E-state index in [1.165, 1.54) is 0 Å². The second-order valence-corrected chi connectivity index (χ2v) is 4.26. The quantitative estimate of drug-likeness (QED) is 0.724. The summed E-state index contributed by atoms with van der Waals surface area (Å²) >= 11 is 0. The number of hydrogen-bond donors (Lipinski definition) is 3. The SMILES string of the molecule is CCNC(=O)CCNC(=O)c1ccc(C)cc1NC. The topological polar surface area (TPSA) is 70.2 Å². The van der Waals surface area contributed by atoms with E-state index in [1.807, 2.05) is 26.0 Å². The summed E-state index contributed by atoms with van der Waals surface area (Å²) in [6.07, 6.45) is 0.292. The van der Waals surface area contributed by atoms with E-state index in [2.05, 4.69) is 16.0 Å². The van der Waals surface area contributed by atoms with Crippen LogP contribution in [0.2, 0.25) is 0 Å². The van der Waals surface area contributed by atoms with Gasteiger partial charge in [0.15, 0.2) is 0 Å². The number of hydrogen-bond acceptors (Lipinski definition) is 3. The Balaban J connectivity index is 2.56. The number of rotatable bonds is 6. The lowest BCUT2D eigenvalue weighted by molar-refractivity contribution is -0.120. The lowest BCUT2D eigenvalue weighted by Gasteiger charge is -2.10. The van der Waals surface area contributed by atoms with Crippen molar-refractivity contribution in [1.29, 1.82) is 0 Å². The Morgan fingerprint density at radius 1 is 1.21 bits per heavy atom. The zero-order valence-electron chi connectivity index (χ0n) is 11.7. The van der Waals surface area contributed by atoms with E-state index in [1.54, 1.807) is 13.1 Å². The molecular weight excluding hydrogens is 242 g/mol. The fraction of sp³-hybridized carbons (Fsp3) is 0.429. The van der Waals surface area contributed by atoms with Crippen molar-refractivity contribution in [3.05, 3.63) is 29.3 Å². The van der Waals surface area contributed by atoms with Gasteiger partial charge in [0.05, 0.1) is 5.56 Å². The molecular formula is C14H21N3O2. The van der Waals surface area contributed by atoms with Crippen LogP contribution >= 0.6 is 0 Å². The molecule has 0 unspecified atom stereocenters. The van der Waals surface area contributed by atoms with Gasteiger partial charge in [0.2, 0.25) is 5.91 Å². The molecule has 5 heteroatoms. The number of carbonyl (C=O) groups is 2. The van der Waals surface area contributed by atoms with Gasteiger partial charge in [0, 0.05) is 32.2 Å². The highest BCUT2D eigenvalue weighted by Gasteiger charge is 2.10. The first kappa shape index (κ1) is 15.0. The molecule has 0 atom stereocenters. The highest BCUT2D eigenvalue weighted by Crippen LogP contribution is 2.16. The van der Waals surface area contributed by atoms with Crippen molar-refractivity contribution >= 4 is 17.5 Å². The number of aryl methyl sites for hydroxylation is 1. The predicted molar refractivity (Wildman–Crippen MR) is 76.4 cm³/mol. The largest absolute Gasteiger partial charge is 0.387 e. The number of anilines is 1. The number of nitrogens with one attached hydrogen (secondary N) is 3. The van der Waals surface area contributed by atoms with Gasteiger partial charge in [0.25, 0.3) is 5.91 Å². The van der Waals surface area contributed by atoms with E-state index in [-0.39, 0.29) is 11.8 Å². The van der Waals surface area contributed by atoms with Gasteiger partial charge >= 0.3 is 0 Å². The predicted octanol–water partition coefficient (Wildman–Crippen LogP) is 1.29. The van der Waals surface area contributed by atoms with Crippen molar-refractivity contribution in [2.24, 2.45) is 0 Å². The summed E-state index contributed by atoms with van der Waals surface area (Å²) in [5.74, 6) is -0.228. The molecule has 0 saturated carbocycles. The summed E-state index contributed by atoms with van der Waals surface area (Å²) in [7, 11) is 1.78. The number of benzene rings is 1. The summed E-state index contributed by atoms with van der Waals surface area (Å²) < 4.78 is 0. The monoisotopic (exact) mass is 263 g/mol. The molecule has 0 spiro atoms. The molecule has 3 N–H and O–H groups in total. The van der Waals surface area contributed by atoms with Crippen molar-refractivity contribution in [3.8, 4) is 0 Å². The second-order valence-electron chi connectivity index (χ2n) is 4.26. The van der Waals surface area contributed by atoms with E-state index in [0.717, 1.165) is 11.3 Å². The standard InChI is InChI=1S/C14H21N3O2/c1-4-16-13(18)7-8-17-14(19)11-6-5-10(2)9-12(11)15-3/h5-6,9,15H,4,7-8H2,1-3H3,(H,16,18)(H,17,19). The van der Waals surface area contributed by atoms with Crippen LogP contribution in [0, 0.1) is 6.92 Å². The zero-order chi connectivity index (χ0) is 14.3. The Hall–Kier alpha value is -2.04. The molecule has 2 amide bonds. The third-order valence-electron chi connectivity index (χ3n) is 2.70. The maximum absolute atomic E-state index is 12.0. The van der Waals surface area contributed by atoms with Crippen LogP contribution in [0.4, 0.5) is 5.69 Å². The minimum atomic E-state index is -0.173. The average molecular weight is 263 g/mol. The lowest BCUT2D eigenvalue weighted by Crippen LogP contribution is -2.30. The summed E-state index contributed by atoms with van der Waals surface area (Å²) in [6, 6.07) is 5.58. The smallest absolute Gasteiger partial charge is 0.253 e. The normalized spacial score (nSPS) is 9.84. The van der Waals surface area contributed by atoms with Crippen LogP contribution in [0.1, 0.15) is 29.3 Å². The van der Waals surface area contributed by atoms with Gasteiger partial charge in [-0.15, -0.1) is 0 Å². The molecule has 104 valence electrons. The molecule has 0 aliphatic carbocycles. The third kappa shape index (κ3) is 4.62. The molecule has 0 saturated heterocycles. The summed E-state index contributed by atoms with van der Waals surface area (Å²) in [5.41, 5.74) is 2.46. The van der Waals surface area contributed by atoms with Gasteiger partial charge in [0.1, 0.15) is 0 Å². The van der Waals surface area contributed by atoms with Crippen molar-refractivity contribution < 1.29 is 9.59 Å². The first-order chi connectivity index (χ1) is 9.08. The van der Waals surface area contributed by atoms with Crippen LogP contribution in [0.5, 0.6) is 0 Å². The average Bonchev–Trinajstić information content (AvgIpc) is 2.38. The molecule has 0 heterocycles. The van der Waals surface area contributed by atoms with Crippen molar-refractivity contribution in [3.63, 3.8) is 0 Å². The first-order valence-electron chi connectivity index (χ1n) is 6.41. The first-order valence-corrected chi connectivity index (χ1v) is 6.41. The van der Waals surface area contributed by atoms with E-state index < -0.39 is 0 Å². The van der Waals surface area contributed by atoms with Gasteiger partial charge in [-0.25, -0.2) is 0 Å². The highest BCUT2D eigenvalue weighted by atomic mass is 16.2. The van der Waals surface area contributed by atoms with Crippen molar-refractivity contribution in [1.82, 2.24) is 10.6 Å². The van der Waals surface area contributed by atoms with Crippen LogP contribution in [-0.4, -0.2) is 32.0 Å². The van der Waals surface area contributed by atoms with Gasteiger partial charge < -0.3 is 16.0 Å². The Morgan fingerprint density at radius 3 is 2.58 bits per heavy atom. The minimum absolute atomic E-state index is 0.0550. The van der Waals surface area contributed by atoms with E-state index in [0.29, 0.717) is 25.1 Å². The lowest BCUT2D eigenvalue weighted by atomic mass is 10.1. The van der Waals surface area contributed by atoms with Crippen LogP contribution in [0.15, 0.2) is 18.2 Å². The molecule has 0 fully saturated rings. The summed E-state index contributed by atoms with van der Waals surface area (Å²) in [5, 5.41) is 8.43. The molecule has 19 heavy (non-hydrogen) atoms. The van der Waals surface area contributed by atoms with Crippen LogP contribution in [-0.2, 0) is 4.79 Å². The van der Waals surface area contributed by atoms with Gasteiger partial charge in [-0.2, -0.15) is 0 Å². The van der Waals surface area contributed by atoms with Gasteiger partial charge in [-0.3, -0.25) is 9.59 Å². The van der Waals surface area contributed by atoms with Gasteiger partial charge in [-0.05, 0) is 31.5 Å². The Bertz CT molecular complexity index is 458. The molecule has 5 nitrogen and oxygen atoms in total. The fourth-order valence-electron chi connectivity index (χ4n) is 1.73. The zero-order valence-corrected chi connectivity index (χ0v) is 11.7. The maximum Gasteiger partial charge on any atom is 0.253 e. The Morgan fingerprint density at radius 2 is 1.95 bits per heavy atom. The maximum atomic E-state index is 12.0. The van der Waals surface area contributed by atoms with Crippen LogP contribution < -0.4 is 16.0 Å². The Kier molecular flexibility index (Phi) is 5.85. The molecule has 1 aromatic rings. The molecule has 0 aliphatic heterocycles.